The maximum atomic E-state index is 13.2. The number of nitrogens with zero attached hydrogens (tertiary/aromatic N) is 1. The molecule has 1 aromatic rings. The van der Waals surface area contributed by atoms with Crippen LogP contribution in [0.4, 0.5) is 14.9 Å². The molecule has 0 aromatic heterocycles. The van der Waals surface area contributed by atoms with Crippen molar-refractivity contribution in [2.45, 2.75) is 6.04 Å². The van der Waals surface area contributed by atoms with Crippen LogP contribution in [0.3, 0.4) is 0 Å². The van der Waals surface area contributed by atoms with E-state index in [-0.39, 0.29) is 6.54 Å². The van der Waals surface area contributed by atoms with Gasteiger partial charge >= 0.3 is 6.16 Å². The summed E-state index contributed by atoms with van der Waals surface area (Å²) in [5, 5.41) is 0. The Kier molecular flexibility index (Phi) is 5.45. The summed E-state index contributed by atoms with van der Waals surface area (Å²) in [6, 6.07) is 9.39. The molecule has 1 amide bonds. The maximum absolute atomic E-state index is 13.2. The smallest absolute Gasteiger partial charge is 0.285 e. The monoisotopic (exact) mass is 275 g/mol. The number of hydrogen-bond donors (Lipinski definition) is 0. The highest BCUT2D eigenvalue weighted by Crippen LogP contribution is 2.20. The molecule has 0 heterocycles. The molecule has 0 aliphatic rings. The number of amides is 1. The lowest BCUT2D eigenvalue weighted by Crippen LogP contribution is -2.35. The predicted octanol–water partition coefficient (Wildman–Crippen LogP) is 4.21. The molecule has 1 aromatic carbocycles. The van der Waals surface area contributed by atoms with Gasteiger partial charge < -0.3 is 0 Å². The minimum atomic E-state index is -2.03. The quantitative estimate of drug-likeness (QED) is 0.415. The van der Waals surface area contributed by atoms with Gasteiger partial charge in [0.15, 0.2) is 0 Å². The largest absolute Gasteiger partial charge is 0.404 e. The van der Waals surface area contributed by atoms with Crippen LogP contribution in [0, 0.1) is 0 Å². The zero-order chi connectivity index (χ0) is 14.3. The van der Waals surface area contributed by atoms with Crippen molar-refractivity contribution in [2.75, 3.05) is 11.4 Å². The lowest BCUT2D eigenvalue weighted by atomic mass is 10.3. The van der Waals surface area contributed by atoms with E-state index in [0.717, 1.165) is 4.90 Å². The third-order valence-corrected chi connectivity index (χ3v) is 6.56. The van der Waals surface area contributed by atoms with E-state index in [1.165, 1.54) is 0 Å². The molecule has 1 rings (SSSR count). The van der Waals surface area contributed by atoms with Crippen LogP contribution in [0.25, 0.3) is 0 Å². The van der Waals surface area contributed by atoms with Crippen molar-refractivity contribution < 1.29 is 9.18 Å². The molecule has 2 nitrogen and oxygen atoms in total. The number of rotatable bonds is 7. The topological polar surface area (TPSA) is 20.3 Å². The number of carbonyl (C=O) groups excluding carboxylic acids is 1. The lowest BCUT2D eigenvalue weighted by molar-refractivity contribution is 0.228. The van der Waals surface area contributed by atoms with Crippen LogP contribution < -0.4 is 4.90 Å². The number of halogens is 1. The van der Waals surface area contributed by atoms with Crippen molar-refractivity contribution >= 4 is 19.9 Å². The number of benzene rings is 1. The van der Waals surface area contributed by atoms with Crippen LogP contribution in [0.2, 0.25) is 6.04 Å². The van der Waals surface area contributed by atoms with E-state index in [1.54, 1.807) is 24.3 Å². The Hall–Kier alpha value is -1.94. The average molecular weight is 275 g/mol. The van der Waals surface area contributed by atoms with Crippen LogP contribution in [-0.4, -0.2) is 20.8 Å². The van der Waals surface area contributed by atoms with Gasteiger partial charge in [0.25, 0.3) is 0 Å². The first-order valence-corrected chi connectivity index (χ1v) is 8.45. The SMILES string of the molecule is C=C[Si](C=C)(C=C)CCN(C(=O)F)c1ccccc1. The molecule has 0 saturated carbocycles. The molecular formula is C15H18FNOSi. The molecule has 0 fully saturated rings. The molecule has 0 radical (unpaired) electrons. The normalized spacial score (nSPS) is 10.6. The zero-order valence-electron chi connectivity index (χ0n) is 10.9. The van der Waals surface area contributed by atoms with Gasteiger partial charge in [-0.15, -0.1) is 24.1 Å². The van der Waals surface area contributed by atoms with E-state index < -0.39 is 14.2 Å². The summed E-state index contributed by atoms with van der Waals surface area (Å²) < 4.78 is 13.2. The maximum Gasteiger partial charge on any atom is 0.404 e. The van der Waals surface area contributed by atoms with E-state index in [9.17, 15) is 9.18 Å². The van der Waals surface area contributed by atoms with Gasteiger partial charge in [0.05, 0.1) is 0 Å². The zero-order valence-corrected chi connectivity index (χ0v) is 11.9. The van der Waals surface area contributed by atoms with Crippen molar-refractivity contribution in [3.63, 3.8) is 0 Å². The van der Waals surface area contributed by atoms with E-state index in [2.05, 4.69) is 19.7 Å². The molecular weight excluding hydrogens is 257 g/mol. The highest BCUT2D eigenvalue weighted by Gasteiger charge is 2.24. The van der Waals surface area contributed by atoms with Gasteiger partial charge in [-0.1, -0.05) is 35.3 Å². The van der Waals surface area contributed by atoms with Gasteiger partial charge in [0.1, 0.15) is 8.07 Å². The van der Waals surface area contributed by atoms with Gasteiger partial charge in [-0.25, -0.2) is 4.79 Å². The summed E-state index contributed by atoms with van der Waals surface area (Å²) >= 11 is 0. The number of para-hydroxylation sites is 1. The fourth-order valence-corrected chi connectivity index (χ4v) is 3.51. The number of anilines is 1. The molecule has 0 bridgehead atoms. The van der Waals surface area contributed by atoms with Crippen molar-refractivity contribution in [3.8, 4) is 0 Å². The Morgan fingerprint density at radius 1 is 1.16 bits per heavy atom. The fourth-order valence-electron chi connectivity index (χ4n) is 1.79. The minimum absolute atomic E-state index is 0.287. The second-order valence-corrected chi connectivity index (χ2v) is 8.16. The van der Waals surface area contributed by atoms with Crippen molar-refractivity contribution in [1.29, 1.82) is 0 Å². The molecule has 19 heavy (non-hydrogen) atoms. The van der Waals surface area contributed by atoms with Crippen LogP contribution >= 0.6 is 0 Å². The highest BCUT2D eigenvalue weighted by molar-refractivity contribution is 6.93. The van der Waals surface area contributed by atoms with Crippen LogP contribution in [0.1, 0.15) is 0 Å². The first-order chi connectivity index (χ1) is 9.08. The fraction of sp³-hybridized carbons (Fsp3) is 0.133. The molecule has 4 heteroatoms. The van der Waals surface area contributed by atoms with E-state index in [0.29, 0.717) is 11.7 Å². The predicted molar refractivity (Wildman–Crippen MR) is 81.4 cm³/mol. The minimum Gasteiger partial charge on any atom is -0.285 e. The summed E-state index contributed by atoms with van der Waals surface area (Å²) in [5.41, 5.74) is 6.05. The van der Waals surface area contributed by atoms with E-state index >= 15 is 0 Å². The van der Waals surface area contributed by atoms with E-state index in [1.807, 2.05) is 23.2 Å². The molecule has 0 saturated heterocycles. The Bertz CT molecular complexity index is 451. The summed E-state index contributed by atoms with van der Waals surface area (Å²) in [6.07, 6.45) is -1.45. The van der Waals surface area contributed by atoms with Crippen LogP contribution in [0.5, 0.6) is 0 Å². The van der Waals surface area contributed by atoms with Crippen molar-refractivity contribution in [3.05, 3.63) is 67.2 Å². The van der Waals surface area contributed by atoms with Gasteiger partial charge in [-0.05, 0) is 18.2 Å². The van der Waals surface area contributed by atoms with Crippen molar-refractivity contribution in [1.82, 2.24) is 0 Å². The Labute approximate surface area is 114 Å². The molecule has 0 N–H and O–H groups in total. The first kappa shape index (κ1) is 15.1. The molecule has 0 aliphatic carbocycles. The highest BCUT2D eigenvalue weighted by atomic mass is 28.3. The Balaban J connectivity index is 2.87. The van der Waals surface area contributed by atoms with Gasteiger partial charge in [-0.2, -0.15) is 0 Å². The second-order valence-electron chi connectivity index (χ2n) is 4.21. The summed E-state index contributed by atoms with van der Waals surface area (Å²) in [5.74, 6) is 0. The summed E-state index contributed by atoms with van der Waals surface area (Å²) in [4.78, 5) is 12.2. The first-order valence-electron chi connectivity index (χ1n) is 6.01. The third kappa shape index (κ3) is 3.76. The average Bonchev–Trinajstić information content (AvgIpc) is 2.45. The Morgan fingerprint density at radius 3 is 2.11 bits per heavy atom. The second kappa shape index (κ2) is 6.85. The summed E-state index contributed by atoms with van der Waals surface area (Å²) in [7, 11) is -2.03. The summed E-state index contributed by atoms with van der Waals surface area (Å²) in [6.45, 7) is 11.7. The number of hydrogen-bond acceptors (Lipinski definition) is 1. The van der Waals surface area contributed by atoms with Crippen molar-refractivity contribution in [2.24, 2.45) is 0 Å². The molecule has 0 unspecified atom stereocenters. The third-order valence-electron chi connectivity index (χ3n) is 3.19. The van der Waals surface area contributed by atoms with Crippen LogP contribution in [0.15, 0.2) is 67.2 Å². The molecule has 0 aliphatic heterocycles. The molecule has 100 valence electrons. The van der Waals surface area contributed by atoms with Gasteiger partial charge in [-0.3, -0.25) is 4.90 Å². The van der Waals surface area contributed by atoms with Gasteiger partial charge in [0.2, 0.25) is 0 Å². The number of carbonyl (C=O) groups is 1. The molecule has 0 spiro atoms. The lowest BCUT2D eigenvalue weighted by Gasteiger charge is -2.25. The van der Waals surface area contributed by atoms with E-state index in [4.69, 9.17) is 0 Å². The Morgan fingerprint density at radius 2 is 1.68 bits per heavy atom. The van der Waals surface area contributed by atoms with Gasteiger partial charge in [0, 0.05) is 12.2 Å². The standard InChI is InChI=1S/C15H18FNOSi/c1-4-19(5-2,6-3)13-12-17(15(16)18)14-10-8-7-9-11-14/h4-11H,1-3,12-13H2. The molecule has 0 atom stereocenters. The van der Waals surface area contributed by atoms with Crippen LogP contribution in [-0.2, 0) is 0 Å².